The average molecular weight is 384 g/mol. The van der Waals surface area contributed by atoms with Gasteiger partial charge in [-0.15, -0.1) is 0 Å². The minimum absolute atomic E-state index is 0.111. The van der Waals surface area contributed by atoms with Gasteiger partial charge in [0.2, 0.25) is 5.75 Å². The smallest absolute Gasteiger partial charge is 0.407 e. The van der Waals surface area contributed by atoms with Gasteiger partial charge in [0.1, 0.15) is 6.33 Å². The van der Waals surface area contributed by atoms with E-state index in [0.717, 1.165) is 11.3 Å². The number of carboxylic acid groups (broad SMARTS) is 1. The van der Waals surface area contributed by atoms with Crippen LogP contribution in [0, 0.1) is 6.92 Å². The normalized spacial score (nSPS) is 17.1. The van der Waals surface area contributed by atoms with Crippen LogP contribution in [0.4, 0.5) is 22.1 Å². The van der Waals surface area contributed by atoms with Crippen molar-refractivity contribution in [2.24, 2.45) is 0 Å². The molecule has 2 N–H and O–H groups in total. The summed E-state index contributed by atoms with van der Waals surface area (Å²) in [5.74, 6) is 1.08. The number of anilines is 3. The van der Waals surface area contributed by atoms with Crippen LogP contribution in [0.25, 0.3) is 0 Å². The summed E-state index contributed by atoms with van der Waals surface area (Å²) in [6.07, 6.45) is 4.97. The van der Waals surface area contributed by atoms with Gasteiger partial charge >= 0.3 is 6.09 Å². The van der Waals surface area contributed by atoms with E-state index >= 15 is 0 Å². The SMILES string of the molecule is Cc1cncc(Nc2ncnc3c2OCC(=O)N3C2CCN(C(=O)O)CC2)c1. The number of amides is 2. The Morgan fingerprint density at radius 1 is 1.29 bits per heavy atom. The highest BCUT2D eigenvalue weighted by atomic mass is 16.5. The third kappa shape index (κ3) is 3.40. The van der Waals surface area contributed by atoms with Crippen molar-refractivity contribution in [1.29, 1.82) is 0 Å². The molecule has 146 valence electrons. The van der Waals surface area contributed by atoms with Crippen molar-refractivity contribution in [3.05, 3.63) is 30.4 Å². The zero-order valence-electron chi connectivity index (χ0n) is 15.3. The zero-order valence-corrected chi connectivity index (χ0v) is 15.3. The number of likely N-dealkylation sites (tertiary alicyclic amines) is 1. The molecule has 4 heterocycles. The van der Waals surface area contributed by atoms with Crippen molar-refractivity contribution in [3.8, 4) is 5.75 Å². The van der Waals surface area contributed by atoms with Crippen LogP contribution in [0.1, 0.15) is 18.4 Å². The topological polar surface area (TPSA) is 121 Å². The molecule has 0 spiro atoms. The summed E-state index contributed by atoms with van der Waals surface area (Å²) in [7, 11) is 0. The third-order valence-corrected chi connectivity index (χ3v) is 4.86. The maximum Gasteiger partial charge on any atom is 0.407 e. The molecule has 10 nitrogen and oxygen atoms in total. The highest BCUT2D eigenvalue weighted by Crippen LogP contribution is 2.38. The van der Waals surface area contributed by atoms with E-state index in [-0.39, 0.29) is 18.6 Å². The molecule has 0 aromatic carbocycles. The van der Waals surface area contributed by atoms with Gasteiger partial charge in [-0.05, 0) is 31.4 Å². The molecule has 0 unspecified atom stereocenters. The van der Waals surface area contributed by atoms with Crippen LogP contribution in [0.3, 0.4) is 0 Å². The summed E-state index contributed by atoms with van der Waals surface area (Å²) in [5, 5.41) is 12.3. The van der Waals surface area contributed by atoms with E-state index in [1.165, 1.54) is 11.2 Å². The summed E-state index contributed by atoms with van der Waals surface area (Å²) < 4.78 is 5.65. The second-order valence-electron chi connectivity index (χ2n) is 6.80. The molecule has 28 heavy (non-hydrogen) atoms. The Hall–Kier alpha value is -3.43. The molecule has 0 aliphatic carbocycles. The van der Waals surface area contributed by atoms with E-state index in [0.29, 0.717) is 43.3 Å². The van der Waals surface area contributed by atoms with E-state index in [1.807, 2.05) is 13.0 Å². The number of aryl methyl sites for hydroxylation is 1. The van der Waals surface area contributed by atoms with Crippen LogP contribution in [0.15, 0.2) is 24.8 Å². The fourth-order valence-corrected chi connectivity index (χ4v) is 3.53. The van der Waals surface area contributed by atoms with Gasteiger partial charge in [0.25, 0.3) is 5.91 Å². The molecule has 0 atom stereocenters. The first kappa shape index (κ1) is 18.0. The number of pyridine rings is 1. The predicted molar refractivity (Wildman–Crippen MR) is 99.9 cm³/mol. The number of carbonyl (C=O) groups is 2. The van der Waals surface area contributed by atoms with Gasteiger partial charge in [-0.2, -0.15) is 0 Å². The van der Waals surface area contributed by atoms with Crippen molar-refractivity contribution in [2.45, 2.75) is 25.8 Å². The lowest BCUT2D eigenvalue weighted by molar-refractivity contribution is -0.122. The van der Waals surface area contributed by atoms with Crippen LogP contribution in [-0.4, -0.2) is 62.7 Å². The Kier molecular flexibility index (Phi) is 4.68. The van der Waals surface area contributed by atoms with Gasteiger partial charge in [0.05, 0.1) is 11.9 Å². The zero-order chi connectivity index (χ0) is 19.7. The Bertz CT molecular complexity index is 913. The van der Waals surface area contributed by atoms with Crippen molar-refractivity contribution in [1.82, 2.24) is 19.9 Å². The average Bonchev–Trinajstić information content (AvgIpc) is 2.68. The molecule has 2 aliphatic heterocycles. The number of rotatable bonds is 3. The fraction of sp³-hybridized carbons (Fsp3) is 0.389. The van der Waals surface area contributed by atoms with Gasteiger partial charge in [-0.3, -0.25) is 14.7 Å². The largest absolute Gasteiger partial charge is 0.476 e. The van der Waals surface area contributed by atoms with Gasteiger partial charge < -0.3 is 20.1 Å². The van der Waals surface area contributed by atoms with Crippen LogP contribution in [-0.2, 0) is 4.79 Å². The molecule has 2 aromatic rings. The fourth-order valence-electron chi connectivity index (χ4n) is 3.53. The van der Waals surface area contributed by atoms with Crippen molar-refractivity contribution in [2.75, 3.05) is 29.9 Å². The predicted octanol–water partition coefficient (Wildman–Crippen LogP) is 1.79. The van der Waals surface area contributed by atoms with Gasteiger partial charge in [0, 0.05) is 25.3 Å². The first-order chi connectivity index (χ1) is 13.5. The standard InChI is InChI=1S/C18H20N6O4/c1-11-6-12(8-19-7-11)22-16-15-17(21-10-20-16)24(14(25)9-28-15)13-2-4-23(5-3-13)18(26)27/h6-8,10,13H,2-5,9H2,1H3,(H,26,27)(H,20,21,22). The van der Waals surface area contributed by atoms with E-state index < -0.39 is 6.09 Å². The van der Waals surface area contributed by atoms with E-state index in [9.17, 15) is 9.59 Å². The maximum absolute atomic E-state index is 12.6. The molecule has 1 fully saturated rings. The number of aromatic nitrogens is 3. The first-order valence-corrected chi connectivity index (χ1v) is 8.99. The quantitative estimate of drug-likeness (QED) is 0.822. The van der Waals surface area contributed by atoms with E-state index in [1.54, 1.807) is 17.3 Å². The third-order valence-electron chi connectivity index (χ3n) is 4.86. The molecule has 2 amide bonds. The molecule has 2 aromatic heterocycles. The summed E-state index contributed by atoms with van der Waals surface area (Å²) in [6, 6.07) is 1.80. The number of hydrogen-bond donors (Lipinski definition) is 2. The second kappa shape index (κ2) is 7.29. The Labute approximate surface area is 161 Å². The lowest BCUT2D eigenvalue weighted by Crippen LogP contribution is -2.51. The molecule has 1 saturated heterocycles. The van der Waals surface area contributed by atoms with E-state index in [2.05, 4.69) is 20.3 Å². The minimum Gasteiger partial charge on any atom is -0.476 e. The van der Waals surface area contributed by atoms with Crippen LogP contribution in [0.2, 0.25) is 0 Å². The molecule has 2 aliphatic rings. The van der Waals surface area contributed by atoms with Crippen molar-refractivity contribution < 1.29 is 19.4 Å². The van der Waals surface area contributed by atoms with Crippen LogP contribution < -0.4 is 15.0 Å². The van der Waals surface area contributed by atoms with Crippen LogP contribution in [0.5, 0.6) is 5.75 Å². The monoisotopic (exact) mass is 384 g/mol. The number of fused-ring (bicyclic) bond motifs is 1. The van der Waals surface area contributed by atoms with Crippen molar-refractivity contribution in [3.63, 3.8) is 0 Å². The molecule has 4 rings (SSSR count). The number of carbonyl (C=O) groups excluding carboxylic acids is 1. The maximum atomic E-state index is 12.6. The Morgan fingerprint density at radius 2 is 2.07 bits per heavy atom. The number of nitrogens with zero attached hydrogens (tertiary/aromatic N) is 5. The van der Waals surface area contributed by atoms with Crippen molar-refractivity contribution >= 4 is 29.3 Å². The van der Waals surface area contributed by atoms with Gasteiger partial charge in [-0.25, -0.2) is 14.8 Å². The Morgan fingerprint density at radius 3 is 2.79 bits per heavy atom. The van der Waals surface area contributed by atoms with E-state index in [4.69, 9.17) is 9.84 Å². The lowest BCUT2D eigenvalue weighted by atomic mass is 10.0. The summed E-state index contributed by atoms with van der Waals surface area (Å²) in [5.41, 5.74) is 1.75. The molecule has 0 radical (unpaired) electrons. The van der Waals surface area contributed by atoms with Gasteiger partial charge in [-0.1, -0.05) is 0 Å². The summed E-state index contributed by atoms with van der Waals surface area (Å²) in [4.78, 5) is 39.4. The molecular formula is C18H20N6O4. The number of ether oxygens (including phenoxy) is 1. The molecular weight excluding hydrogens is 364 g/mol. The number of nitrogens with one attached hydrogen (secondary N) is 1. The summed E-state index contributed by atoms with van der Waals surface area (Å²) in [6.45, 7) is 2.59. The van der Waals surface area contributed by atoms with Gasteiger partial charge in [0.15, 0.2) is 18.2 Å². The number of piperidine rings is 1. The lowest BCUT2D eigenvalue weighted by Gasteiger charge is -2.39. The molecule has 0 saturated carbocycles. The highest BCUT2D eigenvalue weighted by Gasteiger charge is 2.37. The molecule has 10 heteroatoms. The second-order valence-corrected chi connectivity index (χ2v) is 6.80. The number of hydrogen-bond acceptors (Lipinski definition) is 7. The summed E-state index contributed by atoms with van der Waals surface area (Å²) >= 11 is 0. The highest BCUT2D eigenvalue weighted by molar-refractivity contribution is 5.98. The minimum atomic E-state index is -0.937. The molecule has 0 bridgehead atoms. The van der Waals surface area contributed by atoms with Crippen LogP contribution >= 0.6 is 0 Å². The first-order valence-electron chi connectivity index (χ1n) is 8.99. The Balaban J connectivity index is 1.61.